The summed E-state index contributed by atoms with van der Waals surface area (Å²) in [5.41, 5.74) is 1.80. The van der Waals surface area contributed by atoms with Gasteiger partial charge in [-0.15, -0.1) is 0 Å². The summed E-state index contributed by atoms with van der Waals surface area (Å²) in [6, 6.07) is 7.41. The van der Waals surface area contributed by atoms with Gasteiger partial charge in [-0.1, -0.05) is 24.3 Å². The van der Waals surface area contributed by atoms with Crippen molar-refractivity contribution >= 4 is 6.29 Å². The fourth-order valence-electron chi connectivity index (χ4n) is 0.955. The number of benzene rings is 1. The minimum Gasteiger partial charge on any atom is -0.374 e. The Morgan fingerprint density at radius 1 is 1.31 bits per heavy atom. The van der Waals surface area contributed by atoms with E-state index >= 15 is 0 Å². The van der Waals surface area contributed by atoms with Crippen LogP contribution in [0.3, 0.4) is 0 Å². The van der Waals surface area contributed by atoms with Gasteiger partial charge in [0.2, 0.25) is 0 Å². The van der Waals surface area contributed by atoms with Crippen molar-refractivity contribution in [2.75, 3.05) is 0 Å². The second kappa shape index (κ2) is 4.77. The summed E-state index contributed by atoms with van der Waals surface area (Å²) < 4.78 is 5.41. The smallest absolute Gasteiger partial charge is 0.150 e. The first-order chi connectivity index (χ1) is 6.22. The molecule has 2 heteroatoms. The third-order valence-electron chi connectivity index (χ3n) is 1.70. The maximum absolute atomic E-state index is 10.4. The highest BCUT2D eigenvalue weighted by molar-refractivity contribution is 5.74. The summed E-state index contributed by atoms with van der Waals surface area (Å²) >= 11 is 0. The van der Waals surface area contributed by atoms with Gasteiger partial charge in [-0.3, -0.25) is 4.79 Å². The Hall–Kier alpha value is -1.15. The predicted octanol–water partition coefficient (Wildman–Crippen LogP) is 2.42. The molecule has 0 bridgehead atoms. The largest absolute Gasteiger partial charge is 0.374 e. The Morgan fingerprint density at radius 2 is 1.92 bits per heavy atom. The average molecular weight is 178 g/mol. The van der Waals surface area contributed by atoms with Crippen LogP contribution < -0.4 is 0 Å². The van der Waals surface area contributed by atoms with Crippen molar-refractivity contribution in [1.82, 2.24) is 0 Å². The van der Waals surface area contributed by atoms with Crippen molar-refractivity contribution in [3.63, 3.8) is 0 Å². The molecule has 0 radical (unpaired) electrons. The van der Waals surface area contributed by atoms with Gasteiger partial charge in [-0.2, -0.15) is 0 Å². The van der Waals surface area contributed by atoms with E-state index in [0.717, 1.165) is 11.8 Å². The van der Waals surface area contributed by atoms with Crippen molar-refractivity contribution in [3.8, 4) is 0 Å². The molecule has 0 aliphatic carbocycles. The van der Waals surface area contributed by atoms with Gasteiger partial charge < -0.3 is 4.74 Å². The predicted molar refractivity (Wildman–Crippen MR) is 51.8 cm³/mol. The Morgan fingerprint density at radius 3 is 2.38 bits per heavy atom. The number of rotatable bonds is 4. The van der Waals surface area contributed by atoms with Crippen LogP contribution in [0.5, 0.6) is 0 Å². The zero-order chi connectivity index (χ0) is 9.68. The number of carbonyl (C=O) groups excluding carboxylic acids is 1. The minimum absolute atomic E-state index is 0.241. The topological polar surface area (TPSA) is 26.3 Å². The standard InChI is InChI=1S/C11H14O2/c1-9(2)13-8-11-5-3-10(7-12)4-6-11/h3-7,9H,8H2,1-2H3. The molecule has 0 N–H and O–H groups in total. The molecule has 0 spiro atoms. The summed E-state index contributed by atoms with van der Waals surface area (Å²) in [7, 11) is 0. The van der Waals surface area contributed by atoms with Crippen LogP contribution in [0.25, 0.3) is 0 Å². The van der Waals surface area contributed by atoms with Crippen LogP contribution >= 0.6 is 0 Å². The molecule has 1 rings (SSSR count). The van der Waals surface area contributed by atoms with Gasteiger partial charge in [0.15, 0.2) is 0 Å². The molecule has 2 nitrogen and oxygen atoms in total. The van der Waals surface area contributed by atoms with Gasteiger partial charge in [0, 0.05) is 5.56 Å². The molecule has 0 aliphatic rings. The summed E-state index contributed by atoms with van der Waals surface area (Å²) in [5, 5.41) is 0. The van der Waals surface area contributed by atoms with Gasteiger partial charge in [0.1, 0.15) is 6.29 Å². The van der Waals surface area contributed by atoms with E-state index in [0.29, 0.717) is 12.2 Å². The lowest BCUT2D eigenvalue weighted by atomic mass is 10.2. The number of hydrogen-bond donors (Lipinski definition) is 0. The molecule has 0 saturated carbocycles. The van der Waals surface area contributed by atoms with Crippen molar-refractivity contribution in [2.24, 2.45) is 0 Å². The third kappa shape index (κ3) is 3.38. The number of hydrogen-bond acceptors (Lipinski definition) is 2. The molecule has 0 aliphatic heterocycles. The molecule has 0 amide bonds. The lowest BCUT2D eigenvalue weighted by molar-refractivity contribution is 0.0657. The molecule has 0 saturated heterocycles. The Bertz CT molecular complexity index is 262. The van der Waals surface area contributed by atoms with Crippen LogP contribution in [-0.2, 0) is 11.3 Å². The molecule has 1 aromatic rings. The summed E-state index contributed by atoms with van der Waals surface area (Å²) in [4.78, 5) is 10.4. The Kier molecular flexibility index (Phi) is 3.65. The Balaban J connectivity index is 2.54. The van der Waals surface area contributed by atoms with Crippen LogP contribution in [0.4, 0.5) is 0 Å². The first-order valence-corrected chi connectivity index (χ1v) is 4.38. The van der Waals surface area contributed by atoms with Crippen LogP contribution in [0, 0.1) is 0 Å². The zero-order valence-electron chi connectivity index (χ0n) is 7.99. The molecular weight excluding hydrogens is 164 g/mol. The molecule has 70 valence electrons. The van der Waals surface area contributed by atoms with Crippen molar-refractivity contribution in [2.45, 2.75) is 26.6 Å². The van der Waals surface area contributed by atoms with E-state index in [1.54, 1.807) is 12.1 Å². The highest BCUT2D eigenvalue weighted by Gasteiger charge is 1.96. The zero-order valence-corrected chi connectivity index (χ0v) is 7.99. The van der Waals surface area contributed by atoms with Gasteiger partial charge in [-0.25, -0.2) is 0 Å². The highest BCUT2D eigenvalue weighted by Crippen LogP contribution is 2.05. The second-order valence-corrected chi connectivity index (χ2v) is 3.22. The molecule has 1 aromatic carbocycles. The molecule has 0 aromatic heterocycles. The molecule has 0 atom stereocenters. The maximum Gasteiger partial charge on any atom is 0.150 e. The molecule has 0 heterocycles. The van der Waals surface area contributed by atoms with E-state index < -0.39 is 0 Å². The first-order valence-electron chi connectivity index (χ1n) is 4.38. The summed E-state index contributed by atoms with van der Waals surface area (Å²) in [6.07, 6.45) is 1.08. The monoisotopic (exact) mass is 178 g/mol. The summed E-state index contributed by atoms with van der Waals surface area (Å²) in [6.45, 7) is 4.61. The van der Waals surface area contributed by atoms with Crippen LogP contribution in [-0.4, -0.2) is 12.4 Å². The van der Waals surface area contributed by atoms with Gasteiger partial charge in [0.25, 0.3) is 0 Å². The fraction of sp³-hybridized carbons (Fsp3) is 0.364. The number of carbonyl (C=O) groups is 1. The average Bonchev–Trinajstić information content (AvgIpc) is 2.15. The molecule has 0 fully saturated rings. The maximum atomic E-state index is 10.4. The SMILES string of the molecule is CC(C)OCc1ccc(C=O)cc1. The van der Waals surface area contributed by atoms with E-state index in [1.165, 1.54) is 0 Å². The highest BCUT2D eigenvalue weighted by atomic mass is 16.5. The van der Waals surface area contributed by atoms with Crippen molar-refractivity contribution in [1.29, 1.82) is 0 Å². The normalized spacial score (nSPS) is 10.4. The lowest BCUT2D eigenvalue weighted by Crippen LogP contribution is -2.02. The molecule has 13 heavy (non-hydrogen) atoms. The van der Waals surface area contributed by atoms with Gasteiger partial charge >= 0.3 is 0 Å². The van der Waals surface area contributed by atoms with E-state index in [2.05, 4.69) is 0 Å². The fourth-order valence-corrected chi connectivity index (χ4v) is 0.955. The molecular formula is C11H14O2. The third-order valence-corrected chi connectivity index (χ3v) is 1.70. The van der Waals surface area contributed by atoms with Crippen molar-refractivity contribution < 1.29 is 9.53 Å². The summed E-state index contributed by atoms with van der Waals surface area (Å²) in [5.74, 6) is 0. The van der Waals surface area contributed by atoms with Crippen LogP contribution in [0.1, 0.15) is 29.8 Å². The quantitative estimate of drug-likeness (QED) is 0.662. The first kappa shape index (κ1) is 9.93. The number of ether oxygens (including phenoxy) is 1. The van der Waals surface area contributed by atoms with Gasteiger partial charge in [-0.05, 0) is 19.4 Å². The molecule has 0 unspecified atom stereocenters. The van der Waals surface area contributed by atoms with Crippen molar-refractivity contribution in [3.05, 3.63) is 35.4 Å². The lowest BCUT2D eigenvalue weighted by Gasteiger charge is -2.06. The van der Waals surface area contributed by atoms with E-state index in [9.17, 15) is 4.79 Å². The van der Waals surface area contributed by atoms with Gasteiger partial charge in [0.05, 0.1) is 12.7 Å². The second-order valence-electron chi connectivity index (χ2n) is 3.22. The minimum atomic E-state index is 0.241. The van der Waals surface area contributed by atoms with E-state index in [1.807, 2.05) is 26.0 Å². The van der Waals surface area contributed by atoms with Crippen LogP contribution in [0.15, 0.2) is 24.3 Å². The van der Waals surface area contributed by atoms with E-state index in [-0.39, 0.29) is 6.10 Å². The number of aldehydes is 1. The Labute approximate surface area is 78.5 Å². The van der Waals surface area contributed by atoms with E-state index in [4.69, 9.17) is 4.74 Å². The van der Waals surface area contributed by atoms with Crippen LogP contribution in [0.2, 0.25) is 0 Å².